The van der Waals surface area contributed by atoms with Gasteiger partial charge in [0.05, 0.1) is 4.92 Å². The molecule has 18 heavy (non-hydrogen) atoms. The third-order valence-electron chi connectivity index (χ3n) is 1.70. The van der Waals surface area contributed by atoms with Crippen molar-refractivity contribution in [1.82, 2.24) is 0 Å². The Morgan fingerprint density at radius 1 is 1.39 bits per heavy atom. The van der Waals surface area contributed by atoms with Crippen molar-refractivity contribution in [3.05, 3.63) is 34.4 Å². The van der Waals surface area contributed by atoms with Crippen molar-refractivity contribution in [2.24, 2.45) is 0 Å². The standard InChI is InChI=1S/C9H7Cl3N2O4/c10-9(11,12)5-18-8(15)13-6-3-1-2-4-7(6)14(16)17/h1-4H,5H2,(H,13,15). The Kier molecular flexibility index (Phi) is 5.01. The predicted octanol–water partition coefficient (Wildman–Crippen LogP) is 3.51. The molecule has 1 aromatic carbocycles. The van der Waals surface area contributed by atoms with Crippen LogP contribution in [-0.2, 0) is 4.74 Å². The van der Waals surface area contributed by atoms with Gasteiger partial charge in [0.15, 0.2) is 0 Å². The lowest BCUT2D eigenvalue weighted by Gasteiger charge is -2.11. The first kappa shape index (κ1) is 14.8. The number of benzene rings is 1. The molecular weight excluding hydrogens is 306 g/mol. The van der Waals surface area contributed by atoms with Crippen LogP contribution in [-0.4, -0.2) is 21.4 Å². The molecule has 0 saturated carbocycles. The summed E-state index contributed by atoms with van der Waals surface area (Å²) in [7, 11) is 0. The van der Waals surface area contributed by atoms with Crippen LogP contribution in [0.2, 0.25) is 0 Å². The molecule has 0 aromatic heterocycles. The van der Waals surface area contributed by atoms with Crippen LogP contribution < -0.4 is 5.32 Å². The zero-order valence-electron chi connectivity index (χ0n) is 8.73. The minimum absolute atomic E-state index is 0.00295. The topological polar surface area (TPSA) is 81.5 Å². The van der Waals surface area contributed by atoms with Crippen molar-refractivity contribution in [3.8, 4) is 0 Å². The van der Waals surface area contributed by atoms with Gasteiger partial charge in [-0.15, -0.1) is 0 Å². The minimum atomic E-state index is -1.74. The average Bonchev–Trinajstić information content (AvgIpc) is 2.26. The molecule has 98 valence electrons. The second-order valence-electron chi connectivity index (χ2n) is 3.09. The molecule has 0 spiro atoms. The SMILES string of the molecule is O=C(Nc1ccccc1[N+](=O)[O-])OCC(Cl)(Cl)Cl. The zero-order valence-corrected chi connectivity index (χ0v) is 11.0. The maximum absolute atomic E-state index is 11.3. The Bertz CT molecular complexity index is 461. The molecule has 1 aromatic rings. The number of nitro benzene ring substituents is 1. The van der Waals surface area contributed by atoms with Crippen molar-refractivity contribution in [3.63, 3.8) is 0 Å². The molecule has 0 aliphatic rings. The summed E-state index contributed by atoms with van der Waals surface area (Å²) in [5.74, 6) is 0. The van der Waals surface area contributed by atoms with E-state index in [0.717, 1.165) is 0 Å². The Morgan fingerprint density at radius 2 is 2.00 bits per heavy atom. The quantitative estimate of drug-likeness (QED) is 0.526. The van der Waals surface area contributed by atoms with E-state index in [2.05, 4.69) is 10.1 Å². The molecular formula is C9H7Cl3N2O4. The minimum Gasteiger partial charge on any atom is -0.445 e. The smallest absolute Gasteiger partial charge is 0.411 e. The Labute approximate surface area is 117 Å². The summed E-state index contributed by atoms with van der Waals surface area (Å²) in [5.41, 5.74) is -0.264. The maximum Gasteiger partial charge on any atom is 0.411 e. The molecule has 0 unspecified atom stereocenters. The highest BCUT2D eigenvalue weighted by atomic mass is 35.6. The van der Waals surface area contributed by atoms with Gasteiger partial charge in [0.1, 0.15) is 12.3 Å². The molecule has 1 rings (SSSR count). The van der Waals surface area contributed by atoms with Crippen LogP contribution in [0, 0.1) is 10.1 Å². The third-order valence-corrected chi connectivity index (χ3v) is 2.03. The predicted molar refractivity (Wildman–Crippen MR) is 68.4 cm³/mol. The van der Waals surface area contributed by atoms with E-state index in [9.17, 15) is 14.9 Å². The van der Waals surface area contributed by atoms with Crippen LogP contribution in [0.25, 0.3) is 0 Å². The number of nitrogens with one attached hydrogen (secondary N) is 1. The summed E-state index contributed by atoms with van der Waals surface area (Å²) < 4.78 is 2.84. The van der Waals surface area contributed by atoms with Gasteiger partial charge < -0.3 is 4.74 Å². The van der Waals surface area contributed by atoms with Gasteiger partial charge >= 0.3 is 6.09 Å². The van der Waals surface area contributed by atoms with Gasteiger partial charge in [-0.3, -0.25) is 15.4 Å². The van der Waals surface area contributed by atoms with Crippen LogP contribution in [0.5, 0.6) is 0 Å². The number of alkyl halides is 3. The van der Waals surface area contributed by atoms with Crippen molar-refractivity contribution in [2.75, 3.05) is 11.9 Å². The molecule has 0 fully saturated rings. The number of amides is 1. The van der Waals surface area contributed by atoms with Gasteiger partial charge in [-0.2, -0.15) is 0 Å². The van der Waals surface area contributed by atoms with Crippen LogP contribution in [0.4, 0.5) is 16.2 Å². The van der Waals surface area contributed by atoms with Gasteiger partial charge in [0.25, 0.3) is 5.69 Å². The van der Waals surface area contributed by atoms with Gasteiger partial charge in [0.2, 0.25) is 3.79 Å². The third kappa shape index (κ3) is 4.95. The number of nitrogens with zero attached hydrogens (tertiary/aromatic N) is 1. The highest BCUT2D eigenvalue weighted by molar-refractivity contribution is 6.67. The molecule has 6 nitrogen and oxygen atoms in total. The summed E-state index contributed by atoms with van der Waals surface area (Å²) in [6, 6.07) is 5.59. The molecule has 0 heterocycles. The van der Waals surface area contributed by atoms with Gasteiger partial charge in [0, 0.05) is 6.07 Å². The molecule has 1 amide bonds. The second kappa shape index (κ2) is 6.08. The lowest BCUT2D eigenvalue weighted by molar-refractivity contribution is -0.383. The molecule has 0 bridgehead atoms. The highest BCUT2D eigenvalue weighted by Gasteiger charge is 2.23. The monoisotopic (exact) mass is 312 g/mol. The number of carbonyl (C=O) groups excluding carboxylic acids is 1. The maximum atomic E-state index is 11.3. The Morgan fingerprint density at radius 3 is 2.56 bits per heavy atom. The number of nitro groups is 1. The molecule has 0 saturated heterocycles. The van der Waals surface area contributed by atoms with E-state index in [1.165, 1.54) is 24.3 Å². The molecule has 0 radical (unpaired) electrons. The van der Waals surface area contributed by atoms with E-state index in [4.69, 9.17) is 34.8 Å². The van der Waals surface area contributed by atoms with Gasteiger partial charge in [-0.05, 0) is 6.07 Å². The molecule has 9 heteroatoms. The number of hydrogen-bond donors (Lipinski definition) is 1. The molecule has 0 atom stereocenters. The van der Waals surface area contributed by atoms with Crippen molar-refractivity contribution >= 4 is 52.3 Å². The first-order chi connectivity index (χ1) is 8.29. The van der Waals surface area contributed by atoms with E-state index in [0.29, 0.717) is 0 Å². The van der Waals surface area contributed by atoms with Crippen LogP contribution >= 0.6 is 34.8 Å². The molecule has 0 aliphatic carbocycles. The fourth-order valence-electron chi connectivity index (χ4n) is 1.03. The zero-order chi connectivity index (χ0) is 13.8. The number of rotatable bonds is 3. The first-order valence-electron chi connectivity index (χ1n) is 4.53. The van der Waals surface area contributed by atoms with E-state index in [1.807, 2.05) is 0 Å². The summed E-state index contributed by atoms with van der Waals surface area (Å²) in [6.07, 6.45) is -0.948. The lowest BCUT2D eigenvalue weighted by Crippen LogP contribution is -2.21. The highest BCUT2D eigenvalue weighted by Crippen LogP contribution is 2.27. The van der Waals surface area contributed by atoms with Gasteiger partial charge in [-0.1, -0.05) is 46.9 Å². The average molecular weight is 314 g/mol. The van der Waals surface area contributed by atoms with Crippen molar-refractivity contribution in [2.45, 2.75) is 3.79 Å². The Balaban J connectivity index is 2.68. The number of carbonyl (C=O) groups is 1. The molecule has 1 N–H and O–H groups in total. The van der Waals surface area contributed by atoms with Crippen molar-refractivity contribution < 1.29 is 14.5 Å². The van der Waals surface area contributed by atoms with Crippen molar-refractivity contribution in [1.29, 1.82) is 0 Å². The van der Waals surface area contributed by atoms with Crippen LogP contribution in [0.3, 0.4) is 0 Å². The lowest BCUT2D eigenvalue weighted by atomic mass is 10.3. The second-order valence-corrected chi connectivity index (χ2v) is 5.61. The van der Waals surface area contributed by atoms with Gasteiger partial charge in [-0.25, -0.2) is 4.79 Å². The number of ether oxygens (including phenoxy) is 1. The van der Waals surface area contributed by atoms with E-state index in [1.54, 1.807) is 0 Å². The first-order valence-corrected chi connectivity index (χ1v) is 5.67. The summed E-state index contributed by atoms with van der Waals surface area (Å²) in [5, 5.41) is 12.9. The number of para-hydroxylation sites is 2. The fourth-order valence-corrected chi connectivity index (χ4v) is 1.20. The molecule has 0 aliphatic heterocycles. The largest absolute Gasteiger partial charge is 0.445 e. The van der Waals surface area contributed by atoms with Crippen LogP contribution in [0.15, 0.2) is 24.3 Å². The number of anilines is 1. The fraction of sp³-hybridized carbons (Fsp3) is 0.222. The Hall–Kier alpha value is -1.24. The van der Waals surface area contributed by atoms with E-state index in [-0.39, 0.29) is 11.4 Å². The summed E-state index contributed by atoms with van der Waals surface area (Å²) in [6.45, 7) is -0.468. The van der Waals surface area contributed by atoms with E-state index >= 15 is 0 Å². The summed E-state index contributed by atoms with van der Waals surface area (Å²) >= 11 is 16.1. The van der Waals surface area contributed by atoms with Crippen LogP contribution in [0.1, 0.15) is 0 Å². The normalized spacial score (nSPS) is 10.8. The number of halogens is 3. The number of hydrogen-bond acceptors (Lipinski definition) is 4. The summed E-state index contributed by atoms with van der Waals surface area (Å²) in [4.78, 5) is 21.3. The van der Waals surface area contributed by atoms with E-state index < -0.39 is 21.4 Å².